The highest BCUT2D eigenvalue weighted by atomic mass is 35.5. The molecule has 0 aliphatic carbocycles. The molecule has 94 valence electrons. The first-order chi connectivity index (χ1) is 8.52. The first-order valence-electron chi connectivity index (χ1n) is 4.87. The van der Waals surface area contributed by atoms with Gasteiger partial charge in [0.15, 0.2) is 0 Å². The molecule has 2 rings (SSSR count). The number of halogens is 4. The summed E-state index contributed by atoms with van der Waals surface area (Å²) in [6.07, 6.45) is 1.52. The molecule has 1 heterocycles. The molecule has 0 aliphatic heterocycles. The average molecular weight is 323 g/mol. The van der Waals surface area contributed by atoms with Crippen molar-refractivity contribution < 1.29 is 4.74 Å². The van der Waals surface area contributed by atoms with Gasteiger partial charge in [0, 0.05) is 11.1 Å². The van der Waals surface area contributed by atoms with E-state index in [-0.39, 0.29) is 0 Å². The molecule has 2 nitrogen and oxygen atoms in total. The summed E-state index contributed by atoms with van der Waals surface area (Å²) in [6, 6.07) is 4.90. The Morgan fingerprint density at radius 2 is 1.56 bits per heavy atom. The minimum Gasteiger partial charge on any atom is -0.494 e. The van der Waals surface area contributed by atoms with Crippen molar-refractivity contribution in [1.29, 1.82) is 0 Å². The van der Waals surface area contributed by atoms with E-state index in [2.05, 4.69) is 4.98 Å². The quantitative estimate of drug-likeness (QED) is 0.547. The van der Waals surface area contributed by atoms with E-state index in [4.69, 9.17) is 51.1 Å². The second kappa shape index (κ2) is 5.54. The summed E-state index contributed by atoms with van der Waals surface area (Å²) in [5.41, 5.74) is 1.40. The second-order valence-corrected chi connectivity index (χ2v) is 5.06. The Morgan fingerprint density at radius 1 is 0.889 bits per heavy atom. The zero-order chi connectivity index (χ0) is 13.3. The van der Waals surface area contributed by atoms with Gasteiger partial charge in [-0.15, -0.1) is 0 Å². The summed E-state index contributed by atoms with van der Waals surface area (Å²) < 4.78 is 5.22. The van der Waals surface area contributed by atoms with Crippen LogP contribution in [0.1, 0.15) is 0 Å². The van der Waals surface area contributed by atoms with E-state index in [1.54, 1.807) is 25.3 Å². The van der Waals surface area contributed by atoms with Crippen LogP contribution in [0.5, 0.6) is 5.75 Å². The van der Waals surface area contributed by atoms with Crippen molar-refractivity contribution in [2.24, 2.45) is 0 Å². The van der Waals surface area contributed by atoms with Gasteiger partial charge in [-0.25, -0.2) is 4.98 Å². The van der Waals surface area contributed by atoms with Crippen LogP contribution in [0.4, 0.5) is 0 Å². The first kappa shape index (κ1) is 13.8. The number of pyridine rings is 1. The molecule has 0 saturated heterocycles. The molecule has 0 amide bonds. The van der Waals surface area contributed by atoms with Gasteiger partial charge < -0.3 is 4.74 Å². The van der Waals surface area contributed by atoms with Gasteiger partial charge in [0.1, 0.15) is 10.9 Å². The Hall–Kier alpha value is -0.670. The number of rotatable bonds is 2. The van der Waals surface area contributed by atoms with Gasteiger partial charge in [0.2, 0.25) is 0 Å². The molecule has 6 heteroatoms. The van der Waals surface area contributed by atoms with Crippen LogP contribution in [0.15, 0.2) is 24.4 Å². The maximum atomic E-state index is 6.16. The van der Waals surface area contributed by atoms with Crippen molar-refractivity contribution >= 4 is 46.4 Å². The van der Waals surface area contributed by atoms with Crippen molar-refractivity contribution in [2.45, 2.75) is 0 Å². The lowest BCUT2D eigenvalue weighted by Crippen LogP contribution is -1.91. The van der Waals surface area contributed by atoms with Gasteiger partial charge in [-0.3, -0.25) is 0 Å². The Bertz CT molecular complexity index is 601. The fourth-order valence-corrected chi connectivity index (χ4v) is 2.33. The highest BCUT2D eigenvalue weighted by molar-refractivity contribution is 6.44. The van der Waals surface area contributed by atoms with E-state index in [9.17, 15) is 0 Å². The second-order valence-electron chi connectivity index (χ2n) is 3.45. The molecule has 0 N–H and O–H groups in total. The standard InChI is InChI=1S/C12H7Cl4NO/c1-18-11-5-17-12(16)3-7(11)6-2-9(14)10(15)4-8(6)13/h2-5H,1H3. The molecule has 0 spiro atoms. The van der Waals surface area contributed by atoms with Crippen molar-refractivity contribution in [3.8, 4) is 16.9 Å². The lowest BCUT2D eigenvalue weighted by Gasteiger charge is -2.11. The van der Waals surface area contributed by atoms with Gasteiger partial charge in [0.25, 0.3) is 0 Å². The largest absolute Gasteiger partial charge is 0.494 e. The number of aromatic nitrogens is 1. The molecule has 18 heavy (non-hydrogen) atoms. The fourth-order valence-electron chi connectivity index (χ4n) is 1.52. The van der Waals surface area contributed by atoms with Crippen LogP contribution in [0.3, 0.4) is 0 Å². The summed E-state index contributed by atoms with van der Waals surface area (Å²) in [5, 5.41) is 1.61. The molecule has 0 bridgehead atoms. The summed E-state index contributed by atoms with van der Waals surface area (Å²) >= 11 is 23.9. The van der Waals surface area contributed by atoms with E-state index in [1.165, 1.54) is 6.20 Å². The average Bonchev–Trinajstić information content (AvgIpc) is 2.34. The number of ether oxygens (including phenoxy) is 1. The minimum atomic E-state index is 0.341. The molecule has 2 aromatic rings. The van der Waals surface area contributed by atoms with Crippen LogP contribution in [0.25, 0.3) is 11.1 Å². The van der Waals surface area contributed by atoms with Crippen LogP contribution < -0.4 is 4.74 Å². The topological polar surface area (TPSA) is 22.1 Å². The van der Waals surface area contributed by atoms with Crippen molar-refractivity contribution in [3.05, 3.63) is 44.6 Å². The van der Waals surface area contributed by atoms with Crippen LogP contribution in [0, 0.1) is 0 Å². The van der Waals surface area contributed by atoms with Gasteiger partial charge in [-0.05, 0) is 18.2 Å². The molecule has 0 fully saturated rings. The number of benzene rings is 1. The maximum absolute atomic E-state index is 6.16. The highest BCUT2D eigenvalue weighted by Crippen LogP contribution is 2.39. The Balaban J connectivity index is 2.68. The summed E-state index contributed by atoms with van der Waals surface area (Å²) in [5.74, 6) is 0.555. The third kappa shape index (κ3) is 2.67. The Kier molecular flexibility index (Phi) is 4.23. The zero-order valence-electron chi connectivity index (χ0n) is 9.18. The fraction of sp³-hybridized carbons (Fsp3) is 0.0833. The molecule has 0 aliphatic rings. The summed E-state index contributed by atoms with van der Waals surface area (Å²) in [7, 11) is 1.54. The normalized spacial score (nSPS) is 10.5. The summed E-state index contributed by atoms with van der Waals surface area (Å²) in [4.78, 5) is 3.94. The molecule has 1 aromatic carbocycles. The third-order valence-corrected chi connectivity index (χ3v) is 3.60. The van der Waals surface area contributed by atoms with Gasteiger partial charge in [-0.1, -0.05) is 46.4 Å². The molecule has 0 radical (unpaired) electrons. The van der Waals surface area contributed by atoms with E-state index in [0.29, 0.717) is 37.1 Å². The van der Waals surface area contributed by atoms with Crippen molar-refractivity contribution in [3.63, 3.8) is 0 Å². The lowest BCUT2D eigenvalue weighted by atomic mass is 10.1. The maximum Gasteiger partial charge on any atom is 0.145 e. The smallest absolute Gasteiger partial charge is 0.145 e. The summed E-state index contributed by atoms with van der Waals surface area (Å²) in [6.45, 7) is 0. The predicted octanol–water partition coefficient (Wildman–Crippen LogP) is 5.37. The Labute approximate surface area is 124 Å². The van der Waals surface area contributed by atoms with Crippen LogP contribution in [-0.4, -0.2) is 12.1 Å². The zero-order valence-corrected chi connectivity index (χ0v) is 12.2. The number of hydrogen-bond acceptors (Lipinski definition) is 2. The lowest BCUT2D eigenvalue weighted by molar-refractivity contribution is 0.414. The molecule has 0 saturated carbocycles. The van der Waals surface area contributed by atoms with E-state index in [0.717, 1.165) is 0 Å². The van der Waals surface area contributed by atoms with Crippen LogP contribution >= 0.6 is 46.4 Å². The molecule has 0 unspecified atom stereocenters. The van der Waals surface area contributed by atoms with Gasteiger partial charge in [0.05, 0.1) is 28.4 Å². The molecular formula is C12H7Cl4NO. The molecule has 0 atom stereocenters. The predicted molar refractivity (Wildman–Crippen MR) is 76.3 cm³/mol. The Morgan fingerprint density at radius 3 is 2.22 bits per heavy atom. The SMILES string of the molecule is COc1cnc(Cl)cc1-c1cc(Cl)c(Cl)cc1Cl. The van der Waals surface area contributed by atoms with Crippen LogP contribution in [-0.2, 0) is 0 Å². The first-order valence-corrected chi connectivity index (χ1v) is 6.38. The minimum absolute atomic E-state index is 0.341. The van der Waals surface area contributed by atoms with E-state index >= 15 is 0 Å². The number of hydrogen-bond donors (Lipinski definition) is 0. The van der Waals surface area contributed by atoms with E-state index < -0.39 is 0 Å². The van der Waals surface area contributed by atoms with Crippen LogP contribution in [0.2, 0.25) is 20.2 Å². The highest BCUT2D eigenvalue weighted by Gasteiger charge is 2.13. The monoisotopic (exact) mass is 321 g/mol. The third-order valence-electron chi connectivity index (χ3n) is 2.35. The van der Waals surface area contributed by atoms with Crippen molar-refractivity contribution in [2.75, 3.05) is 7.11 Å². The molecule has 1 aromatic heterocycles. The van der Waals surface area contributed by atoms with Gasteiger partial charge >= 0.3 is 0 Å². The molecular weight excluding hydrogens is 316 g/mol. The number of nitrogens with zero attached hydrogens (tertiary/aromatic N) is 1. The van der Waals surface area contributed by atoms with Gasteiger partial charge in [-0.2, -0.15) is 0 Å². The van der Waals surface area contributed by atoms with E-state index in [1.807, 2.05) is 0 Å². The number of methoxy groups -OCH3 is 1. The van der Waals surface area contributed by atoms with Crippen molar-refractivity contribution in [1.82, 2.24) is 4.98 Å².